The van der Waals surface area contributed by atoms with Crippen molar-refractivity contribution in [2.75, 3.05) is 6.54 Å². The molecule has 1 fully saturated rings. The molecule has 146 valence electrons. The van der Waals surface area contributed by atoms with Gasteiger partial charge < -0.3 is 9.73 Å². The number of furan rings is 1. The number of hydrogen-bond donors (Lipinski definition) is 1. The number of carbonyl (C=O) groups excluding carboxylic acids is 1. The van der Waals surface area contributed by atoms with E-state index >= 15 is 0 Å². The van der Waals surface area contributed by atoms with Crippen LogP contribution in [0.2, 0.25) is 0 Å². The van der Waals surface area contributed by atoms with E-state index in [1.807, 2.05) is 19.1 Å². The lowest BCUT2D eigenvalue weighted by atomic mass is 10.1. The van der Waals surface area contributed by atoms with Crippen LogP contribution in [0.15, 0.2) is 52.0 Å². The standard InChI is InChI=1S/C19H23FN2O4S/c1-14(6-9-16-4-3-13-26-16)21-19(23)18-5-2-12-22(18)27(24,25)17-10-7-15(20)8-11-17/h3-4,7-8,10-11,13-14,18H,2,5-6,9,12H2,1H3,(H,21,23). The molecule has 2 aromatic rings. The Morgan fingerprint density at radius 1 is 1.33 bits per heavy atom. The van der Waals surface area contributed by atoms with Crippen LogP contribution in [-0.2, 0) is 21.2 Å². The molecule has 1 aliphatic heterocycles. The average Bonchev–Trinajstić information content (AvgIpc) is 3.32. The third kappa shape index (κ3) is 4.56. The number of amides is 1. The zero-order chi connectivity index (χ0) is 19.4. The molecule has 0 radical (unpaired) electrons. The van der Waals surface area contributed by atoms with E-state index in [-0.39, 0.29) is 23.4 Å². The summed E-state index contributed by atoms with van der Waals surface area (Å²) in [6, 6.07) is 7.50. The van der Waals surface area contributed by atoms with Crippen molar-refractivity contribution in [3.05, 3.63) is 54.2 Å². The van der Waals surface area contributed by atoms with Crippen molar-refractivity contribution in [3.8, 4) is 0 Å². The van der Waals surface area contributed by atoms with Crippen molar-refractivity contribution in [2.45, 2.75) is 49.6 Å². The molecule has 8 heteroatoms. The van der Waals surface area contributed by atoms with E-state index in [1.54, 1.807) is 6.26 Å². The molecule has 0 aliphatic carbocycles. The molecule has 6 nitrogen and oxygen atoms in total. The van der Waals surface area contributed by atoms with Crippen molar-refractivity contribution >= 4 is 15.9 Å². The monoisotopic (exact) mass is 394 g/mol. The SMILES string of the molecule is CC(CCc1ccco1)NC(=O)C1CCCN1S(=O)(=O)c1ccc(F)cc1. The van der Waals surface area contributed by atoms with Crippen molar-refractivity contribution < 1.29 is 22.0 Å². The van der Waals surface area contributed by atoms with Gasteiger partial charge in [0.05, 0.1) is 11.2 Å². The highest BCUT2D eigenvalue weighted by atomic mass is 32.2. The summed E-state index contributed by atoms with van der Waals surface area (Å²) in [5.74, 6) is 0.0395. The highest BCUT2D eigenvalue weighted by Crippen LogP contribution is 2.26. The van der Waals surface area contributed by atoms with Crippen molar-refractivity contribution in [1.82, 2.24) is 9.62 Å². The third-order valence-corrected chi connectivity index (χ3v) is 6.64. The number of nitrogens with one attached hydrogen (secondary N) is 1. The van der Waals surface area contributed by atoms with Gasteiger partial charge in [-0.15, -0.1) is 0 Å². The number of nitrogens with zero attached hydrogens (tertiary/aromatic N) is 1. The fourth-order valence-corrected chi connectivity index (χ4v) is 4.91. The van der Waals surface area contributed by atoms with Gasteiger partial charge in [0.2, 0.25) is 15.9 Å². The molecule has 1 aliphatic rings. The molecular weight excluding hydrogens is 371 g/mol. The molecule has 1 aromatic heterocycles. The summed E-state index contributed by atoms with van der Waals surface area (Å²) >= 11 is 0. The lowest BCUT2D eigenvalue weighted by Crippen LogP contribution is -2.48. The molecule has 1 N–H and O–H groups in total. The number of rotatable bonds is 7. The Labute approximate surface area is 158 Å². The van der Waals surface area contributed by atoms with Gasteiger partial charge in [0.1, 0.15) is 17.6 Å². The van der Waals surface area contributed by atoms with Crippen LogP contribution in [0.5, 0.6) is 0 Å². The predicted octanol–water partition coefficient (Wildman–Crippen LogP) is 2.71. The molecule has 1 amide bonds. The second-order valence-corrected chi connectivity index (χ2v) is 8.65. The van der Waals surface area contributed by atoms with Gasteiger partial charge in [-0.2, -0.15) is 4.31 Å². The molecule has 2 heterocycles. The van der Waals surface area contributed by atoms with Crippen molar-refractivity contribution in [1.29, 1.82) is 0 Å². The Morgan fingerprint density at radius 3 is 2.74 bits per heavy atom. The molecular formula is C19H23FN2O4S. The normalized spacial score (nSPS) is 19.1. The lowest BCUT2D eigenvalue weighted by molar-refractivity contribution is -0.124. The summed E-state index contributed by atoms with van der Waals surface area (Å²) in [6.45, 7) is 2.16. The van der Waals surface area contributed by atoms with Crippen LogP contribution in [0.3, 0.4) is 0 Å². The first-order valence-electron chi connectivity index (χ1n) is 8.98. The molecule has 2 atom stereocenters. The second kappa shape index (κ2) is 8.22. The van der Waals surface area contributed by atoms with Gasteiger partial charge >= 0.3 is 0 Å². The molecule has 1 saturated heterocycles. The molecule has 2 unspecified atom stereocenters. The van der Waals surface area contributed by atoms with Crippen LogP contribution in [-0.4, -0.2) is 37.3 Å². The van der Waals surface area contributed by atoms with E-state index in [1.165, 1.54) is 16.4 Å². The van der Waals surface area contributed by atoms with Crippen LogP contribution in [0.1, 0.15) is 31.9 Å². The van der Waals surface area contributed by atoms with Crippen molar-refractivity contribution in [3.63, 3.8) is 0 Å². The molecule has 1 aromatic carbocycles. The Balaban J connectivity index is 1.64. The first kappa shape index (κ1) is 19.6. The number of halogens is 1. The largest absolute Gasteiger partial charge is 0.469 e. The maximum absolute atomic E-state index is 13.1. The van der Waals surface area contributed by atoms with Crippen LogP contribution in [0.25, 0.3) is 0 Å². The van der Waals surface area contributed by atoms with Crippen LogP contribution in [0, 0.1) is 5.82 Å². The fraction of sp³-hybridized carbons (Fsp3) is 0.421. The maximum atomic E-state index is 13.1. The second-order valence-electron chi connectivity index (χ2n) is 6.76. The smallest absolute Gasteiger partial charge is 0.243 e. The van der Waals surface area contributed by atoms with Gasteiger partial charge in [-0.1, -0.05) is 0 Å². The van der Waals surface area contributed by atoms with Crippen LogP contribution >= 0.6 is 0 Å². The zero-order valence-electron chi connectivity index (χ0n) is 15.1. The highest BCUT2D eigenvalue weighted by Gasteiger charge is 2.39. The number of hydrogen-bond acceptors (Lipinski definition) is 4. The summed E-state index contributed by atoms with van der Waals surface area (Å²) in [4.78, 5) is 12.7. The van der Waals surface area contributed by atoms with Gasteiger partial charge in [0, 0.05) is 19.0 Å². The van der Waals surface area contributed by atoms with Gasteiger partial charge in [0.25, 0.3) is 0 Å². The maximum Gasteiger partial charge on any atom is 0.243 e. The molecule has 0 spiro atoms. The average molecular weight is 394 g/mol. The Bertz CT molecular complexity index is 866. The Morgan fingerprint density at radius 2 is 2.07 bits per heavy atom. The van der Waals surface area contributed by atoms with Crippen LogP contribution in [0.4, 0.5) is 4.39 Å². The van der Waals surface area contributed by atoms with Gasteiger partial charge in [-0.25, -0.2) is 12.8 Å². The minimum absolute atomic E-state index is 0.00512. The molecule has 27 heavy (non-hydrogen) atoms. The highest BCUT2D eigenvalue weighted by molar-refractivity contribution is 7.89. The summed E-state index contributed by atoms with van der Waals surface area (Å²) in [5.41, 5.74) is 0. The Hall–Kier alpha value is -2.19. The zero-order valence-corrected chi connectivity index (χ0v) is 15.9. The number of sulfonamides is 1. The van der Waals surface area contributed by atoms with Gasteiger partial charge in [-0.05, 0) is 62.6 Å². The van der Waals surface area contributed by atoms with E-state index in [0.717, 1.165) is 17.9 Å². The van der Waals surface area contributed by atoms with Crippen molar-refractivity contribution in [2.24, 2.45) is 0 Å². The van der Waals surface area contributed by atoms with E-state index in [2.05, 4.69) is 5.32 Å². The molecule has 3 rings (SSSR count). The number of carbonyl (C=O) groups is 1. The fourth-order valence-electron chi connectivity index (χ4n) is 3.26. The third-order valence-electron chi connectivity index (χ3n) is 4.72. The number of aryl methyl sites for hydroxylation is 1. The Kier molecular flexibility index (Phi) is 5.96. The molecule has 0 bridgehead atoms. The van der Waals surface area contributed by atoms with E-state index < -0.39 is 21.9 Å². The van der Waals surface area contributed by atoms with Crippen LogP contribution < -0.4 is 5.32 Å². The summed E-state index contributed by atoms with van der Waals surface area (Å²) < 4.78 is 45.3. The van der Waals surface area contributed by atoms with Gasteiger partial charge in [0.15, 0.2) is 0 Å². The first-order chi connectivity index (χ1) is 12.9. The molecule has 0 saturated carbocycles. The number of benzene rings is 1. The van der Waals surface area contributed by atoms with E-state index in [4.69, 9.17) is 4.42 Å². The van der Waals surface area contributed by atoms with Gasteiger partial charge in [-0.3, -0.25) is 4.79 Å². The quantitative estimate of drug-likeness (QED) is 0.783. The predicted molar refractivity (Wildman–Crippen MR) is 97.9 cm³/mol. The first-order valence-corrected chi connectivity index (χ1v) is 10.4. The summed E-state index contributed by atoms with van der Waals surface area (Å²) in [6.07, 6.45) is 4.07. The minimum atomic E-state index is -3.84. The summed E-state index contributed by atoms with van der Waals surface area (Å²) in [5, 5.41) is 2.90. The minimum Gasteiger partial charge on any atom is -0.469 e. The van der Waals surface area contributed by atoms with E-state index in [0.29, 0.717) is 25.7 Å². The van der Waals surface area contributed by atoms with E-state index in [9.17, 15) is 17.6 Å². The lowest BCUT2D eigenvalue weighted by Gasteiger charge is -2.25. The topological polar surface area (TPSA) is 79.6 Å². The summed E-state index contributed by atoms with van der Waals surface area (Å²) in [7, 11) is -3.84.